The van der Waals surface area contributed by atoms with Crippen LogP contribution in [0.2, 0.25) is 5.02 Å². The van der Waals surface area contributed by atoms with Crippen LogP contribution >= 0.6 is 11.6 Å². The van der Waals surface area contributed by atoms with Crippen LogP contribution in [-0.2, 0) is 6.42 Å². The topological polar surface area (TPSA) is 17.1 Å². The highest BCUT2D eigenvalue weighted by atomic mass is 35.5. The van der Waals surface area contributed by atoms with Crippen LogP contribution in [0.5, 0.6) is 0 Å². The lowest BCUT2D eigenvalue weighted by Crippen LogP contribution is -2.08. The summed E-state index contributed by atoms with van der Waals surface area (Å²) < 4.78 is 27.0. The van der Waals surface area contributed by atoms with E-state index < -0.39 is 17.4 Å². The summed E-state index contributed by atoms with van der Waals surface area (Å²) in [5, 5.41) is 0.323. The average Bonchev–Trinajstić information content (AvgIpc) is 2.37. The predicted octanol–water partition coefficient (Wildman–Crippen LogP) is 4.35. The van der Waals surface area contributed by atoms with E-state index in [-0.39, 0.29) is 17.5 Å². The average molecular weight is 281 g/mol. The molecule has 0 aliphatic carbocycles. The Hall–Kier alpha value is -1.74. The van der Waals surface area contributed by atoms with Gasteiger partial charge in [-0.3, -0.25) is 4.79 Å². The Balaban J connectivity index is 2.34. The number of carbonyl (C=O) groups excluding carboxylic acids is 1. The van der Waals surface area contributed by atoms with Gasteiger partial charge < -0.3 is 0 Å². The van der Waals surface area contributed by atoms with Crippen LogP contribution in [-0.4, -0.2) is 5.78 Å². The molecule has 2 rings (SSSR count). The van der Waals surface area contributed by atoms with E-state index >= 15 is 0 Å². The first-order valence-corrected chi connectivity index (χ1v) is 6.09. The van der Waals surface area contributed by atoms with E-state index in [1.807, 2.05) is 0 Å². The van der Waals surface area contributed by atoms with Gasteiger partial charge in [-0.15, -0.1) is 0 Å². The van der Waals surface area contributed by atoms with Gasteiger partial charge in [0.25, 0.3) is 0 Å². The molecule has 0 heterocycles. The number of rotatable bonds is 3. The van der Waals surface area contributed by atoms with Crippen molar-refractivity contribution < 1.29 is 13.6 Å². The molecule has 0 saturated carbocycles. The summed E-state index contributed by atoms with van der Waals surface area (Å²) in [5.74, 6) is -1.85. The summed E-state index contributed by atoms with van der Waals surface area (Å²) in [6.45, 7) is 1.77. The highest BCUT2D eigenvalue weighted by molar-refractivity contribution is 6.34. The molecule has 0 amide bonds. The third kappa shape index (κ3) is 2.82. The standard InChI is InChI=1S/C15H11ClF2O/c1-9-4-2-5-10(15(9)16)14(19)8-11-12(17)6-3-7-13(11)18/h2-7H,8H2,1H3. The fourth-order valence-electron chi connectivity index (χ4n) is 1.82. The van der Waals surface area contributed by atoms with Crippen LogP contribution in [0, 0.1) is 18.6 Å². The Morgan fingerprint density at radius 1 is 1.11 bits per heavy atom. The van der Waals surface area contributed by atoms with E-state index in [1.54, 1.807) is 25.1 Å². The Labute approximate surface area is 114 Å². The summed E-state index contributed by atoms with van der Waals surface area (Å²) in [4.78, 5) is 12.1. The molecule has 0 atom stereocenters. The highest BCUT2D eigenvalue weighted by Gasteiger charge is 2.17. The molecular formula is C15H11ClF2O. The van der Waals surface area contributed by atoms with E-state index in [4.69, 9.17) is 11.6 Å². The summed E-state index contributed by atoms with van der Waals surface area (Å²) in [6.07, 6.45) is -0.346. The van der Waals surface area contributed by atoms with Crippen LogP contribution in [0.1, 0.15) is 21.5 Å². The maximum atomic E-state index is 13.5. The van der Waals surface area contributed by atoms with Crippen molar-refractivity contribution in [3.63, 3.8) is 0 Å². The molecule has 4 heteroatoms. The first-order chi connectivity index (χ1) is 9.00. The number of carbonyl (C=O) groups is 1. The third-order valence-electron chi connectivity index (χ3n) is 2.89. The third-order valence-corrected chi connectivity index (χ3v) is 3.39. The normalized spacial score (nSPS) is 10.5. The SMILES string of the molecule is Cc1cccc(C(=O)Cc2c(F)cccc2F)c1Cl. The molecule has 19 heavy (non-hydrogen) atoms. The number of Topliss-reactive ketones (excluding diaryl/α,β-unsaturated/α-hetero) is 1. The quantitative estimate of drug-likeness (QED) is 0.764. The van der Waals surface area contributed by atoms with Gasteiger partial charge in [0.2, 0.25) is 0 Å². The van der Waals surface area contributed by atoms with E-state index in [0.29, 0.717) is 5.02 Å². The van der Waals surface area contributed by atoms with Crippen molar-refractivity contribution in [2.45, 2.75) is 13.3 Å². The van der Waals surface area contributed by atoms with Gasteiger partial charge in [0.1, 0.15) is 11.6 Å². The number of halogens is 3. The van der Waals surface area contributed by atoms with Crippen molar-refractivity contribution in [2.75, 3.05) is 0 Å². The number of benzene rings is 2. The monoisotopic (exact) mass is 280 g/mol. The van der Waals surface area contributed by atoms with Gasteiger partial charge in [0, 0.05) is 17.5 Å². The van der Waals surface area contributed by atoms with Crippen LogP contribution in [0.25, 0.3) is 0 Å². The molecule has 0 unspecified atom stereocenters. The smallest absolute Gasteiger partial charge is 0.168 e. The predicted molar refractivity (Wildman–Crippen MR) is 70.6 cm³/mol. The lowest BCUT2D eigenvalue weighted by Gasteiger charge is -2.07. The first kappa shape index (κ1) is 13.7. The number of ketones is 1. The van der Waals surface area contributed by atoms with Crippen LogP contribution in [0.15, 0.2) is 36.4 Å². The second kappa shape index (κ2) is 5.49. The van der Waals surface area contributed by atoms with Gasteiger partial charge in [0.15, 0.2) is 5.78 Å². The molecule has 1 nitrogen and oxygen atoms in total. The molecule has 0 aromatic heterocycles. The van der Waals surface area contributed by atoms with Crippen LogP contribution < -0.4 is 0 Å². The lowest BCUT2D eigenvalue weighted by molar-refractivity contribution is 0.0990. The fraction of sp³-hybridized carbons (Fsp3) is 0.133. The van der Waals surface area contributed by atoms with Gasteiger partial charge in [0.05, 0.1) is 5.02 Å². The summed E-state index contributed by atoms with van der Waals surface area (Å²) in [6, 6.07) is 8.52. The highest BCUT2D eigenvalue weighted by Crippen LogP contribution is 2.23. The number of hydrogen-bond acceptors (Lipinski definition) is 1. The zero-order valence-corrected chi connectivity index (χ0v) is 11.0. The molecule has 2 aromatic carbocycles. The number of aryl methyl sites for hydroxylation is 1. The van der Waals surface area contributed by atoms with Crippen LogP contribution in [0.3, 0.4) is 0 Å². The van der Waals surface area contributed by atoms with Crippen molar-refractivity contribution in [1.29, 1.82) is 0 Å². The lowest BCUT2D eigenvalue weighted by atomic mass is 10.0. The minimum Gasteiger partial charge on any atom is -0.294 e. The maximum absolute atomic E-state index is 13.5. The molecule has 0 aliphatic rings. The Kier molecular flexibility index (Phi) is 3.96. The van der Waals surface area contributed by atoms with Crippen molar-refractivity contribution >= 4 is 17.4 Å². The van der Waals surface area contributed by atoms with Gasteiger partial charge >= 0.3 is 0 Å². The fourth-order valence-corrected chi connectivity index (χ4v) is 2.05. The van der Waals surface area contributed by atoms with Gasteiger partial charge in [-0.2, -0.15) is 0 Å². The van der Waals surface area contributed by atoms with Crippen LogP contribution in [0.4, 0.5) is 8.78 Å². The van der Waals surface area contributed by atoms with E-state index in [2.05, 4.69) is 0 Å². The van der Waals surface area contributed by atoms with Gasteiger partial charge in [-0.05, 0) is 30.7 Å². The Bertz CT molecular complexity index is 618. The molecule has 0 aliphatic heterocycles. The van der Waals surface area contributed by atoms with Crippen molar-refractivity contribution in [3.05, 3.63) is 69.7 Å². The Morgan fingerprint density at radius 2 is 1.68 bits per heavy atom. The second-order valence-corrected chi connectivity index (χ2v) is 4.61. The molecule has 0 spiro atoms. The largest absolute Gasteiger partial charge is 0.294 e. The molecule has 0 fully saturated rings. The van der Waals surface area contributed by atoms with E-state index in [0.717, 1.165) is 17.7 Å². The van der Waals surface area contributed by atoms with Crippen molar-refractivity contribution in [2.24, 2.45) is 0 Å². The summed E-state index contributed by atoms with van der Waals surface area (Å²) in [7, 11) is 0. The maximum Gasteiger partial charge on any atom is 0.168 e. The minimum absolute atomic E-state index is 0.231. The zero-order valence-electron chi connectivity index (χ0n) is 10.2. The van der Waals surface area contributed by atoms with Crippen molar-refractivity contribution in [1.82, 2.24) is 0 Å². The molecule has 0 bridgehead atoms. The number of hydrogen-bond donors (Lipinski definition) is 0. The van der Waals surface area contributed by atoms with Gasteiger partial charge in [-0.25, -0.2) is 8.78 Å². The molecule has 98 valence electrons. The van der Waals surface area contributed by atoms with Crippen molar-refractivity contribution in [3.8, 4) is 0 Å². The molecule has 0 saturated heterocycles. The minimum atomic E-state index is -0.725. The second-order valence-electron chi connectivity index (χ2n) is 4.24. The summed E-state index contributed by atoms with van der Waals surface area (Å²) in [5.41, 5.74) is 0.802. The first-order valence-electron chi connectivity index (χ1n) is 5.72. The van der Waals surface area contributed by atoms with E-state index in [9.17, 15) is 13.6 Å². The molecular weight excluding hydrogens is 270 g/mol. The zero-order chi connectivity index (χ0) is 14.0. The Morgan fingerprint density at radius 3 is 2.32 bits per heavy atom. The van der Waals surface area contributed by atoms with E-state index in [1.165, 1.54) is 6.07 Å². The molecule has 0 radical (unpaired) electrons. The van der Waals surface area contributed by atoms with Gasteiger partial charge in [-0.1, -0.05) is 29.8 Å². The summed E-state index contributed by atoms with van der Waals surface area (Å²) >= 11 is 6.03. The molecule has 2 aromatic rings. The molecule has 0 N–H and O–H groups in total.